The molecule has 0 bridgehead atoms. The largest absolute Gasteiger partial charge is 0.384 e. The molecule has 2 aromatic heterocycles. The second-order valence-electron chi connectivity index (χ2n) is 3.89. The Kier molecular flexibility index (Phi) is 2.30. The van der Waals surface area contributed by atoms with Crippen LogP contribution in [0.2, 0.25) is 0 Å². The predicted molar refractivity (Wildman–Crippen MR) is 72.0 cm³/mol. The molecule has 0 amide bonds. The number of nitrogen functional groups attached to an aromatic ring is 1. The molecule has 4 heteroatoms. The molecule has 3 rings (SSSR count). The predicted octanol–water partition coefficient (Wildman–Crippen LogP) is 3.25. The van der Waals surface area contributed by atoms with Crippen molar-refractivity contribution in [1.82, 2.24) is 9.97 Å². The fourth-order valence-electron chi connectivity index (χ4n) is 1.80. The minimum atomic E-state index is 0.541. The highest BCUT2D eigenvalue weighted by molar-refractivity contribution is 7.18. The van der Waals surface area contributed by atoms with Gasteiger partial charge in [0.25, 0.3) is 0 Å². The molecule has 2 heterocycles. The van der Waals surface area contributed by atoms with E-state index in [0.29, 0.717) is 5.82 Å². The number of anilines is 1. The SMILES string of the molecule is Cc1nc2cc(-c3ccc(N)nc3)ccc2s1. The van der Waals surface area contributed by atoms with Crippen molar-refractivity contribution in [3.05, 3.63) is 41.5 Å². The summed E-state index contributed by atoms with van der Waals surface area (Å²) in [6.07, 6.45) is 1.79. The Morgan fingerprint density at radius 3 is 2.71 bits per heavy atom. The standard InChI is InChI=1S/C13H11N3S/c1-8-16-11-6-9(2-4-12(11)17-8)10-3-5-13(14)15-7-10/h2-7H,1H3,(H2,14,15). The molecule has 3 aromatic rings. The third kappa shape index (κ3) is 1.87. The van der Waals surface area contributed by atoms with Crippen molar-refractivity contribution < 1.29 is 0 Å². The summed E-state index contributed by atoms with van der Waals surface area (Å²) in [5.41, 5.74) is 8.80. The van der Waals surface area contributed by atoms with Crippen molar-refractivity contribution in [2.45, 2.75) is 6.92 Å². The molecule has 0 saturated heterocycles. The molecule has 0 unspecified atom stereocenters. The molecule has 2 N–H and O–H groups in total. The number of rotatable bonds is 1. The van der Waals surface area contributed by atoms with Gasteiger partial charge in [-0.2, -0.15) is 0 Å². The molecule has 17 heavy (non-hydrogen) atoms. The lowest BCUT2D eigenvalue weighted by molar-refractivity contribution is 1.33. The van der Waals surface area contributed by atoms with Gasteiger partial charge in [-0.05, 0) is 36.8 Å². The Bertz CT molecular complexity index is 671. The molecule has 3 nitrogen and oxygen atoms in total. The van der Waals surface area contributed by atoms with E-state index in [1.54, 1.807) is 17.5 Å². The molecule has 0 aliphatic carbocycles. The number of aryl methyl sites for hydroxylation is 1. The van der Waals surface area contributed by atoms with Crippen LogP contribution in [0.25, 0.3) is 21.3 Å². The lowest BCUT2D eigenvalue weighted by atomic mass is 10.1. The van der Waals surface area contributed by atoms with Crippen molar-refractivity contribution in [2.75, 3.05) is 5.73 Å². The molecule has 84 valence electrons. The summed E-state index contributed by atoms with van der Waals surface area (Å²) in [5, 5.41) is 1.09. The molecule has 0 atom stereocenters. The van der Waals surface area contributed by atoms with Crippen LogP contribution >= 0.6 is 11.3 Å². The summed E-state index contributed by atoms with van der Waals surface area (Å²) in [6.45, 7) is 2.02. The van der Waals surface area contributed by atoms with Crippen LogP contribution in [0.3, 0.4) is 0 Å². The van der Waals surface area contributed by atoms with Gasteiger partial charge in [0.2, 0.25) is 0 Å². The van der Waals surface area contributed by atoms with Gasteiger partial charge < -0.3 is 5.73 Å². The third-order valence-electron chi connectivity index (χ3n) is 2.61. The van der Waals surface area contributed by atoms with Gasteiger partial charge in [0, 0.05) is 11.8 Å². The first-order chi connectivity index (χ1) is 8.22. The van der Waals surface area contributed by atoms with Crippen LogP contribution in [0.15, 0.2) is 36.5 Å². The van der Waals surface area contributed by atoms with Gasteiger partial charge in [-0.3, -0.25) is 0 Å². The maximum Gasteiger partial charge on any atom is 0.123 e. The highest BCUT2D eigenvalue weighted by Crippen LogP contribution is 2.27. The van der Waals surface area contributed by atoms with Crippen molar-refractivity contribution in [2.24, 2.45) is 0 Å². The van der Waals surface area contributed by atoms with E-state index in [0.717, 1.165) is 21.7 Å². The molecule has 0 spiro atoms. The zero-order valence-corrected chi connectivity index (χ0v) is 10.2. The number of nitrogens with two attached hydrogens (primary N) is 1. The Morgan fingerprint density at radius 1 is 1.12 bits per heavy atom. The summed E-state index contributed by atoms with van der Waals surface area (Å²) in [6, 6.07) is 10.1. The molecule has 0 saturated carbocycles. The summed E-state index contributed by atoms with van der Waals surface area (Å²) in [7, 11) is 0. The quantitative estimate of drug-likeness (QED) is 0.711. The van der Waals surface area contributed by atoms with Crippen molar-refractivity contribution >= 4 is 27.4 Å². The monoisotopic (exact) mass is 241 g/mol. The number of nitrogens with zero attached hydrogens (tertiary/aromatic N) is 2. The topological polar surface area (TPSA) is 51.8 Å². The number of thiazole rings is 1. The number of benzene rings is 1. The number of hydrogen-bond donors (Lipinski definition) is 1. The van der Waals surface area contributed by atoms with E-state index in [-0.39, 0.29) is 0 Å². The van der Waals surface area contributed by atoms with Crippen LogP contribution in [0.4, 0.5) is 5.82 Å². The van der Waals surface area contributed by atoms with Gasteiger partial charge in [0.15, 0.2) is 0 Å². The fraction of sp³-hybridized carbons (Fsp3) is 0.0769. The summed E-state index contributed by atoms with van der Waals surface area (Å²) in [5.74, 6) is 0.541. The zero-order chi connectivity index (χ0) is 11.8. The summed E-state index contributed by atoms with van der Waals surface area (Å²) in [4.78, 5) is 8.59. The summed E-state index contributed by atoms with van der Waals surface area (Å²) >= 11 is 1.71. The molecular formula is C13H11N3S. The van der Waals surface area contributed by atoms with Gasteiger partial charge in [0.1, 0.15) is 5.82 Å². The highest BCUT2D eigenvalue weighted by Gasteiger charge is 2.03. The second-order valence-corrected chi connectivity index (χ2v) is 5.12. The molecule has 1 aromatic carbocycles. The first-order valence-electron chi connectivity index (χ1n) is 5.31. The van der Waals surface area contributed by atoms with Crippen LogP contribution in [-0.4, -0.2) is 9.97 Å². The van der Waals surface area contributed by atoms with Crippen LogP contribution < -0.4 is 5.73 Å². The maximum absolute atomic E-state index is 5.58. The summed E-state index contributed by atoms with van der Waals surface area (Å²) < 4.78 is 1.22. The molecule has 0 aliphatic heterocycles. The van der Waals surface area contributed by atoms with E-state index in [9.17, 15) is 0 Å². The van der Waals surface area contributed by atoms with E-state index in [4.69, 9.17) is 5.73 Å². The molecular weight excluding hydrogens is 230 g/mol. The van der Waals surface area contributed by atoms with Gasteiger partial charge in [-0.15, -0.1) is 11.3 Å². The Balaban J connectivity index is 2.13. The maximum atomic E-state index is 5.58. The Hall–Kier alpha value is -1.94. The molecule has 0 aliphatic rings. The van der Waals surface area contributed by atoms with E-state index < -0.39 is 0 Å². The van der Waals surface area contributed by atoms with E-state index >= 15 is 0 Å². The zero-order valence-electron chi connectivity index (χ0n) is 9.34. The van der Waals surface area contributed by atoms with Crippen molar-refractivity contribution in [1.29, 1.82) is 0 Å². The average Bonchev–Trinajstić information content (AvgIpc) is 2.69. The number of fused-ring (bicyclic) bond motifs is 1. The van der Waals surface area contributed by atoms with Gasteiger partial charge >= 0.3 is 0 Å². The van der Waals surface area contributed by atoms with E-state index in [1.807, 2.05) is 19.1 Å². The second kappa shape index (κ2) is 3.82. The average molecular weight is 241 g/mol. The van der Waals surface area contributed by atoms with E-state index in [2.05, 4.69) is 28.2 Å². The first-order valence-corrected chi connectivity index (χ1v) is 6.13. The smallest absolute Gasteiger partial charge is 0.123 e. The Morgan fingerprint density at radius 2 is 1.94 bits per heavy atom. The third-order valence-corrected chi connectivity index (χ3v) is 3.57. The minimum Gasteiger partial charge on any atom is -0.384 e. The molecule has 0 radical (unpaired) electrons. The van der Waals surface area contributed by atoms with Crippen LogP contribution in [0.1, 0.15) is 5.01 Å². The first kappa shape index (κ1) is 10.2. The van der Waals surface area contributed by atoms with E-state index in [1.165, 1.54) is 4.70 Å². The van der Waals surface area contributed by atoms with Crippen molar-refractivity contribution in [3.63, 3.8) is 0 Å². The molecule has 0 fully saturated rings. The minimum absolute atomic E-state index is 0.541. The van der Waals surface area contributed by atoms with Gasteiger partial charge in [0.05, 0.1) is 15.2 Å². The number of aromatic nitrogens is 2. The van der Waals surface area contributed by atoms with Crippen LogP contribution in [0, 0.1) is 6.92 Å². The number of pyridine rings is 1. The highest BCUT2D eigenvalue weighted by atomic mass is 32.1. The lowest BCUT2D eigenvalue weighted by Gasteiger charge is -2.01. The fourth-order valence-corrected chi connectivity index (χ4v) is 2.61. The van der Waals surface area contributed by atoms with Gasteiger partial charge in [-0.25, -0.2) is 9.97 Å². The normalized spacial score (nSPS) is 10.9. The van der Waals surface area contributed by atoms with Crippen LogP contribution in [0.5, 0.6) is 0 Å². The number of hydrogen-bond acceptors (Lipinski definition) is 4. The Labute approximate surface area is 103 Å². The van der Waals surface area contributed by atoms with Crippen molar-refractivity contribution in [3.8, 4) is 11.1 Å². The van der Waals surface area contributed by atoms with Gasteiger partial charge in [-0.1, -0.05) is 6.07 Å². The van der Waals surface area contributed by atoms with Crippen LogP contribution in [-0.2, 0) is 0 Å². The lowest BCUT2D eigenvalue weighted by Crippen LogP contribution is -1.88.